The summed E-state index contributed by atoms with van der Waals surface area (Å²) in [6.45, 7) is 6.31. The molecule has 1 unspecified atom stereocenters. The fraction of sp³-hybridized carbons (Fsp3) is 0.462. The lowest BCUT2D eigenvalue weighted by Gasteiger charge is -2.12. The van der Waals surface area contributed by atoms with E-state index in [2.05, 4.69) is 64.4 Å². The van der Waals surface area contributed by atoms with Crippen LogP contribution < -0.4 is 5.32 Å². The van der Waals surface area contributed by atoms with E-state index in [0.717, 1.165) is 22.7 Å². The maximum absolute atomic E-state index is 4.53. The van der Waals surface area contributed by atoms with Crippen LogP contribution in [0.4, 0.5) is 0 Å². The third kappa shape index (κ3) is 3.75. The van der Waals surface area contributed by atoms with Gasteiger partial charge in [-0.05, 0) is 23.6 Å². The molecule has 1 heterocycles. The molecule has 0 spiro atoms. The summed E-state index contributed by atoms with van der Waals surface area (Å²) in [5, 5.41) is 5.13. The number of hydrogen-bond donors (Lipinski definition) is 1. The summed E-state index contributed by atoms with van der Waals surface area (Å²) >= 11 is 5.31. The molecule has 1 aliphatic rings. The smallest absolute Gasteiger partial charge is 0.157 e. The first-order chi connectivity index (χ1) is 8.15. The van der Waals surface area contributed by atoms with Gasteiger partial charge in [-0.25, -0.2) is 0 Å². The van der Waals surface area contributed by atoms with Crippen LogP contribution in [0.2, 0.25) is 0 Å². The van der Waals surface area contributed by atoms with Gasteiger partial charge in [-0.2, -0.15) is 0 Å². The van der Waals surface area contributed by atoms with Gasteiger partial charge in [-0.3, -0.25) is 4.99 Å². The van der Waals surface area contributed by atoms with Crippen molar-refractivity contribution in [1.29, 1.82) is 0 Å². The standard InChI is InChI=1S/C13H17BrN2S/c1-9(2)12-8-16-13(17-12)15-7-10-3-5-11(14)6-4-10/h3-6,9,12H,7-8H2,1-2H3,(H,15,16). The van der Waals surface area contributed by atoms with E-state index in [1.54, 1.807) is 0 Å². The number of benzene rings is 1. The van der Waals surface area contributed by atoms with Crippen molar-refractivity contribution in [1.82, 2.24) is 5.32 Å². The number of nitrogens with zero attached hydrogens (tertiary/aromatic N) is 1. The molecule has 2 nitrogen and oxygen atoms in total. The van der Waals surface area contributed by atoms with Gasteiger partial charge in [0.15, 0.2) is 5.17 Å². The number of hydrogen-bond acceptors (Lipinski definition) is 3. The maximum atomic E-state index is 4.53. The zero-order valence-corrected chi connectivity index (χ0v) is 12.5. The molecule has 1 aromatic rings. The molecule has 0 aromatic heterocycles. The molecular weight excluding hydrogens is 296 g/mol. The Hall–Kier alpha value is -0.480. The van der Waals surface area contributed by atoms with E-state index in [9.17, 15) is 0 Å². The Kier molecular flexibility index (Phi) is 4.51. The van der Waals surface area contributed by atoms with Crippen LogP contribution >= 0.6 is 27.7 Å². The third-order valence-electron chi connectivity index (χ3n) is 2.78. The van der Waals surface area contributed by atoms with Gasteiger partial charge in [0.25, 0.3) is 0 Å². The molecule has 0 saturated carbocycles. The Balaban J connectivity index is 1.82. The van der Waals surface area contributed by atoms with Gasteiger partial charge in [0.1, 0.15) is 0 Å². The van der Waals surface area contributed by atoms with Crippen LogP contribution in [0.25, 0.3) is 0 Å². The van der Waals surface area contributed by atoms with Crippen molar-refractivity contribution in [2.45, 2.75) is 25.6 Å². The van der Waals surface area contributed by atoms with Gasteiger partial charge in [-0.15, -0.1) is 0 Å². The molecule has 0 saturated heterocycles. The van der Waals surface area contributed by atoms with E-state index in [1.807, 2.05) is 11.8 Å². The highest BCUT2D eigenvalue weighted by Crippen LogP contribution is 2.26. The number of nitrogens with one attached hydrogen (secondary N) is 1. The van der Waals surface area contributed by atoms with E-state index in [1.165, 1.54) is 5.56 Å². The molecule has 1 N–H and O–H groups in total. The summed E-state index contributed by atoms with van der Waals surface area (Å²) in [6.07, 6.45) is 0. The van der Waals surface area contributed by atoms with Crippen molar-refractivity contribution in [3.63, 3.8) is 0 Å². The van der Waals surface area contributed by atoms with Crippen molar-refractivity contribution < 1.29 is 0 Å². The SMILES string of the molecule is CC(C)C1CN=C(NCc2ccc(Br)cc2)S1. The van der Waals surface area contributed by atoms with Crippen molar-refractivity contribution in [2.75, 3.05) is 6.54 Å². The quantitative estimate of drug-likeness (QED) is 0.921. The summed E-state index contributed by atoms with van der Waals surface area (Å²) in [6, 6.07) is 8.38. The molecule has 0 bridgehead atoms. The Labute approximate surface area is 115 Å². The third-order valence-corrected chi connectivity index (χ3v) is 4.80. The van der Waals surface area contributed by atoms with E-state index in [0.29, 0.717) is 11.2 Å². The Morgan fingerprint density at radius 1 is 1.41 bits per heavy atom. The highest BCUT2D eigenvalue weighted by atomic mass is 79.9. The number of aliphatic imine (C=N–C) groups is 1. The largest absolute Gasteiger partial charge is 0.361 e. The Morgan fingerprint density at radius 3 is 2.71 bits per heavy atom. The van der Waals surface area contributed by atoms with Crippen LogP contribution in [0.1, 0.15) is 19.4 Å². The second-order valence-corrected chi connectivity index (χ2v) is 6.67. The maximum Gasteiger partial charge on any atom is 0.157 e. The molecule has 2 rings (SSSR count). The van der Waals surface area contributed by atoms with Crippen LogP contribution in [-0.4, -0.2) is 17.0 Å². The highest BCUT2D eigenvalue weighted by Gasteiger charge is 2.21. The van der Waals surface area contributed by atoms with Gasteiger partial charge >= 0.3 is 0 Å². The lowest BCUT2D eigenvalue weighted by atomic mass is 10.1. The van der Waals surface area contributed by atoms with Crippen molar-refractivity contribution in [2.24, 2.45) is 10.9 Å². The monoisotopic (exact) mass is 312 g/mol. The molecule has 0 fully saturated rings. The molecule has 1 atom stereocenters. The molecular formula is C13H17BrN2S. The number of thioether (sulfide) groups is 1. The van der Waals surface area contributed by atoms with E-state index in [4.69, 9.17) is 0 Å². The summed E-state index contributed by atoms with van der Waals surface area (Å²) < 4.78 is 1.12. The summed E-state index contributed by atoms with van der Waals surface area (Å²) in [5.74, 6) is 0.690. The molecule has 0 amide bonds. The van der Waals surface area contributed by atoms with Gasteiger partial charge in [0.05, 0.1) is 6.54 Å². The predicted molar refractivity (Wildman–Crippen MR) is 79.5 cm³/mol. The van der Waals surface area contributed by atoms with Crippen LogP contribution in [0, 0.1) is 5.92 Å². The topological polar surface area (TPSA) is 24.4 Å². The molecule has 0 aliphatic carbocycles. The summed E-state index contributed by atoms with van der Waals surface area (Å²) in [5.41, 5.74) is 1.28. The fourth-order valence-corrected chi connectivity index (χ4v) is 2.89. The lowest BCUT2D eigenvalue weighted by Crippen LogP contribution is -2.19. The van der Waals surface area contributed by atoms with Crippen LogP contribution in [0.3, 0.4) is 0 Å². The highest BCUT2D eigenvalue weighted by molar-refractivity contribution is 9.10. The van der Waals surface area contributed by atoms with E-state index in [-0.39, 0.29) is 0 Å². The van der Waals surface area contributed by atoms with Crippen molar-refractivity contribution >= 4 is 32.9 Å². The van der Waals surface area contributed by atoms with Crippen LogP contribution in [0.15, 0.2) is 33.7 Å². The van der Waals surface area contributed by atoms with Gasteiger partial charge in [-0.1, -0.05) is 53.7 Å². The first kappa shape index (κ1) is 13.0. The zero-order chi connectivity index (χ0) is 12.3. The van der Waals surface area contributed by atoms with E-state index < -0.39 is 0 Å². The second-order valence-electron chi connectivity index (χ2n) is 4.53. The van der Waals surface area contributed by atoms with Gasteiger partial charge < -0.3 is 5.32 Å². The van der Waals surface area contributed by atoms with Crippen LogP contribution in [-0.2, 0) is 6.54 Å². The summed E-state index contributed by atoms with van der Waals surface area (Å²) in [7, 11) is 0. The molecule has 4 heteroatoms. The molecule has 1 aliphatic heterocycles. The molecule has 0 radical (unpaired) electrons. The first-order valence-corrected chi connectivity index (χ1v) is 7.52. The normalized spacial score (nSPS) is 19.5. The first-order valence-electron chi connectivity index (χ1n) is 5.84. The Bertz CT molecular complexity index is 400. The number of amidine groups is 1. The zero-order valence-electron chi connectivity index (χ0n) is 10.1. The lowest BCUT2D eigenvalue weighted by molar-refractivity contribution is 0.621. The average Bonchev–Trinajstić information content (AvgIpc) is 2.77. The second kappa shape index (κ2) is 5.91. The fourth-order valence-electron chi connectivity index (χ4n) is 1.62. The molecule has 92 valence electrons. The molecule has 17 heavy (non-hydrogen) atoms. The van der Waals surface area contributed by atoms with Crippen LogP contribution in [0.5, 0.6) is 0 Å². The van der Waals surface area contributed by atoms with Crippen molar-refractivity contribution in [3.8, 4) is 0 Å². The van der Waals surface area contributed by atoms with Crippen molar-refractivity contribution in [3.05, 3.63) is 34.3 Å². The van der Waals surface area contributed by atoms with Gasteiger partial charge in [0, 0.05) is 16.3 Å². The molecule has 1 aromatic carbocycles. The minimum Gasteiger partial charge on any atom is -0.361 e. The number of rotatable bonds is 3. The Morgan fingerprint density at radius 2 is 2.12 bits per heavy atom. The average molecular weight is 313 g/mol. The van der Waals surface area contributed by atoms with E-state index >= 15 is 0 Å². The predicted octanol–water partition coefficient (Wildman–Crippen LogP) is 3.67. The minimum absolute atomic E-state index is 0.641. The summed E-state index contributed by atoms with van der Waals surface area (Å²) in [4.78, 5) is 4.53. The number of halogens is 1. The minimum atomic E-state index is 0.641. The van der Waals surface area contributed by atoms with Gasteiger partial charge in [0.2, 0.25) is 0 Å².